The third-order valence-electron chi connectivity index (χ3n) is 2.08. The number of ether oxygens (including phenoxy) is 1. The van der Waals surface area contributed by atoms with Crippen LogP contribution in [-0.4, -0.2) is 12.2 Å². The van der Waals surface area contributed by atoms with Crippen molar-refractivity contribution < 1.29 is 9.84 Å². The minimum atomic E-state index is 0.169. The van der Waals surface area contributed by atoms with Gasteiger partial charge in [-0.1, -0.05) is 19.1 Å². The molecule has 0 amide bonds. The number of hydrogen-bond acceptors (Lipinski definition) is 2. The van der Waals surface area contributed by atoms with E-state index >= 15 is 0 Å². The molecule has 1 rings (SSSR count). The Bertz CT molecular complexity index is 305. The van der Waals surface area contributed by atoms with E-state index in [2.05, 4.69) is 6.58 Å². The topological polar surface area (TPSA) is 29.5 Å². The molecular formula is C11H14O2. The van der Waals surface area contributed by atoms with E-state index in [-0.39, 0.29) is 11.7 Å². The van der Waals surface area contributed by atoms with Crippen LogP contribution in [0.5, 0.6) is 11.5 Å². The van der Waals surface area contributed by atoms with Gasteiger partial charge in [-0.2, -0.15) is 0 Å². The Kier molecular flexibility index (Phi) is 2.96. The van der Waals surface area contributed by atoms with Gasteiger partial charge in [0.1, 0.15) is 0 Å². The van der Waals surface area contributed by atoms with Gasteiger partial charge in [-0.05, 0) is 23.6 Å². The van der Waals surface area contributed by atoms with Gasteiger partial charge in [-0.15, -0.1) is 6.58 Å². The van der Waals surface area contributed by atoms with Gasteiger partial charge < -0.3 is 9.84 Å². The zero-order valence-electron chi connectivity index (χ0n) is 7.95. The SMILES string of the molecule is C=CC(C)c1ccc(O)c(OC)c1. The number of rotatable bonds is 3. The Hall–Kier alpha value is -1.44. The van der Waals surface area contributed by atoms with E-state index in [9.17, 15) is 5.11 Å². The Morgan fingerprint density at radius 3 is 2.77 bits per heavy atom. The van der Waals surface area contributed by atoms with E-state index in [0.717, 1.165) is 5.56 Å². The van der Waals surface area contributed by atoms with Gasteiger partial charge in [0.2, 0.25) is 0 Å². The summed E-state index contributed by atoms with van der Waals surface area (Å²) in [5.41, 5.74) is 1.09. The molecule has 0 fully saturated rings. The smallest absolute Gasteiger partial charge is 0.160 e. The lowest BCUT2D eigenvalue weighted by Gasteiger charge is -2.09. The molecule has 0 aliphatic carbocycles. The first-order valence-electron chi connectivity index (χ1n) is 4.18. The lowest BCUT2D eigenvalue weighted by Crippen LogP contribution is -1.90. The molecule has 13 heavy (non-hydrogen) atoms. The monoisotopic (exact) mass is 178 g/mol. The molecule has 0 aliphatic heterocycles. The van der Waals surface area contributed by atoms with E-state index in [0.29, 0.717) is 5.75 Å². The predicted octanol–water partition coefficient (Wildman–Crippen LogP) is 2.69. The Labute approximate surface area is 78.5 Å². The number of phenolic OH excluding ortho intramolecular Hbond substituents is 1. The third-order valence-corrected chi connectivity index (χ3v) is 2.08. The fourth-order valence-corrected chi connectivity index (χ4v) is 1.11. The highest BCUT2D eigenvalue weighted by Crippen LogP contribution is 2.29. The molecule has 1 atom stereocenters. The summed E-state index contributed by atoms with van der Waals surface area (Å²) in [6.07, 6.45) is 1.85. The molecule has 0 aromatic heterocycles. The van der Waals surface area contributed by atoms with Gasteiger partial charge in [0.25, 0.3) is 0 Å². The van der Waals surface area contributed by atoms with Gasteiger partial charge >= 0.3 is 0 Å². The summed E-state index contributed by atoms with van der Waals surface area (Å²) in [5, 5.41) is 9.34. The van der Waals surface area contributed by atoms with E-state index in [1.165, 1.54) is 7.11 Å². The first-order chi connectivity index (χ1) is 6.19. The molecule has 2 nitrogen and oxygen atoms in total. The lowest BCUT2D eigenvalue weighted by molar-refractivity contribution is 0.373. The molecule has 70 valence electrons. The maximum atomic E-state index is 9.34. The number of allylic oxidation sites excluding steroid dienone is 1. The average molecular weight is 178 g/mol. The van der Waals surface area contributed by atoms with E-state index < -0.39 is 0 Å². The quantitative estimate of drug-likeness (QED) is 0.721. The predicted molar refractivity (Wildman–Crippen MR) is 53.3 cm³/mol. The average Bonchev–Trinajstić information content (AvgIpc) is 2.17. The van der Waals surface area contributed by atoms with Crippen molar-refractivity contribution in [3.05, 3.63) is 36.4 Å². The van der Waals surface area contributed by atoms with Crippen LogP contribution in [0.15, 0.2) is 30.9 Å². The van der Waals surface area contributed by atoms with Crippen LogP contribution in [0, 0.1) is 0 Å². The van der Waals surface area contributed by atoms with Gasteiger partial charge in [-0.3, -0.25) is 0 Å². The van der Waals surface area contributed by atoms with Crippen LogP contribution >= 0.6 is 0 Å². The summed E-state index contributed by atoms with van der Waals surface area (Å²) in [6, 6.07) is 5.32. The second kappa shape index (κ2) is 3.99. The maximum Gasteiger partial charge on any atom is 0.160 e. The molecule has 1 N–H and O–H groups in total. The van der Waals surface area contributed by atoms with Crippen molar-refractivity contribution in [3.63, 3.8) is 0 Å². The molecule has 1 aromatic rings. The van der Waals surface area contributed by atoms with Crippen molar-refractivity contribution in [1.29, 1.82) is 0 Å². The summed E-state index contributed by atoms with van der Waals surface area (Å²) in [5.74, 6) is 0.947. The van der Waals surface area contributed by atoms with Crippen molar-refractivity contribution in [3.8, 4) is 11.5 Å². The zero-order chi connectivity index (χ0) is 9.84. The van der Waals surface area contributed by atoms with Crippen LogP contribution in [-0.2, 0) is 0 Å². The van der Waals surface area contributed by atoms with Gasteiger partial charge in [-0.25, -0.2) is 0 Å². The van der Waals surface area contributed by atoms with Crippen LogP contribution in [0.1, 0.15) is 18.4 Å². The lowest BCUT2D eigenvalue weighted by atomic mass is 10.0. The van der Waals surface area contributed by atoms with Crippen molar-refractivity contribution in [2.45, 2.75) is 12.8 Å². The van der Waals surface area contributed by atoms with Crippen molar-refractivity contribution in [2.75, 3.05) is 7.11 Å². The first-order valence-corrected chi connectivity index (χ1v) is 4.18. The van der Waals surface area contributed by atoms with Gasteiger partial charge in [0.05, 0.1) is 7.11 Å². The molecule has 2 heteroatoms. The van der Waals surface area contributed by atoms with Crippen LogP contribution < -0.4 is 4.74 Å². The molecule has 0 bridgehead atoms. The van der Waals surface area contributed by atoms with Crippen LogP contribution in [0.3, 0.4) is 0 Å². The number of phenols is 1. The highest BCUT2D eigenvalue weighted by Gasteiger charge is 2.05. The van der Waals surface area contributed by atoms with E-state index in [4.69, 9.17) is 4.74 Å². The summed E-state index contributed by atoms with van der Waals surface area (Å²) in [7, 11) is 1.54. The van der Waals surface area contributed by atoms with Crippen molar-refractivity contribution in [2.24, 2.45) is 0 Å². The molecule has 0 radical (unpaired) electrons. The Morgan fingerprint density at radius 2 is 2.23 bits per heavy atom. The number of hydrogen-bond donors (Lipinski definition) is 1. The zero-order valence-corrected chi connectivity index (χ0v) is 7.95. The summed E-state index contributed by atoms with van der Waals surface area (Å²) >= 11 is 0. The minimum absolute atomic E-state index is 0.169. The second-order valence-electron chi connectivity index (χ2n) is 2.96. The first kappa shape index (κ1) is 9.65. The van der Waals surface area contributed by atoms with Crippen LogP contribution in [0.2, 0.25) is 0 Å². The van der Waals surface area contributed by atoms with E-state index in [1.807, 2.05) is 25.1 Å². The molecule has 0 aliphatic rings. The van der Waals surface area contributed by atoms with Crippen LogP contribution in [0.4, 0.5) is 0 Å². The second-order valence-corrected chi connectivity index (χ2v) is 2.96. The van der Waals surface area contributed by atoms with Gasteiger partial charge in [0, 0.05) is 0 Å². The molecule has 1 aromatic carbocycles. The maximum absolute atomic E-state index is 9.34. The number of methoxy groups -OCH3 is 1. The molecule has 0 spiro atoms. The molecule has 0 heterocycles. The fourth-order valence-electron chi connectivity index (χ4n) is 1.11. The van der Waals surface area contributed by atoms with Crippen LogP contribution in [0.25, 0.3) is 0 Å². The standard InChI is InChI=1S/C11H14O2/c1-4-8(2)9-5-6-10(12)11(7-9)13-3/h4-8,12H,1H2,2-3H3. The largest absolute Gasteiger partial charge is 0.504 e. The normalized spacial score (nSPS) is 12.2. The fraction of sp³-hybridized carbons (Fsp3) is 0.273. The Morgan fingerprint density at radius 1 is 1.54 bits per heavy atom. The van der Waals surface area contributed by atoms with Gasteiger partial charge in [0.15, 0.2) is 11.5 Å². The highest BCUT2D eigenvalue weighted by molar-refractivity contribution is 5.43. The van der Waals surface area contributed by atoms with Crippen molar-refractivity contribution in [1.82, 2.24) is 0 Å². The van der Waals surface area contributed by atoms with Crippen molar-refractivity contribution >= 4 is 0 Å². The Balaban J connectivity index is 3.05. The molecular weight excluding hydrogens is 164 g/mol. The summed E-state index contributed by atoms with van der Waals surface area (Å²) in [6.45, 7) is 5.75. The third kappa shape index (κ3) is 2.02. The molecule has 1 unspecified atom stereocenters. The number of benzene rings is 1. The minimum Gasteiger partial charge on any atom is -0.504 e. The summed E-state index contributed by atoms with van der Waals surface area (Å²) in [4.78, 5) is 0. The summed E-state index contributed by atoms with van der Waals surface area (Å²) < 4.78 is 5.00. The molecule has 0 saturated carbocycles. The number of aromatic hydroxyl groups is 1. The highest BCUT2D eigenvalue weighted by atomic mass is 16.5. The molecule has 0 saturated heterocycles. The van der Waals surface area contributed by atoms with E-state index in [1.54, 1.807) is 6.07 Å².